The Labute approximate surface area is 74.1 Å². The maximum atomic E-state index is 13.1. The van der Waals surface area contributed by atoms with E-state index in [9.17, 15) is 9.18 Å². The van der Waals surface area contributed by atoms with Gasteiger partial charge in [-0.25, -0.2) is 4.39 Å². The van der Waals surface area contributed by atoms with Crippen LogP contribution in [0.3, 0.4) is 0 Å². The molecule has 68 valence electrons. The summed E-state index contributed by atoms with van der Waals surface area (Å²) >= 11 is 0. The molecule has 1 aromatic carbocycles. The third-order valence-electron chi connectivity index (χ3n) is 1.80. The maximum Gasteiger partial charge on any atom is 0.197 e. The Balaban J connectivity index is 2.58. The topological polar surface area (TPSA) is 35.5 Å². The molecule has 0 atom stereocenters. The van der Waals surface area contributed by atoms with Gasteiger partial charge in [-0.15, -0.1) is 0 Å². The normalized spacial score (nSPS) is 13.9. The van der Waals surface area contributed by atoms with Crippen LogP contribution in [0.15, 0.2) is 12.1 Å². The van der Waals surface area contributed by atoms with Gasteiger partial charge in [-0.3, -0.25) is 4.79 Å². The van der Waals surface area contributed by atoms with E-state index in [2.05, 4.69) is 0 Å². The highest BCUT2D eigenvalue weighted by atomic mass is 19.1. The number of rotatable bonds is 1. The van der Waals surface area contributed by atoms with Crippen LogP contribution < -0.4 is 9.47 Å². The number of carbonyl (C=O) groups is 1. The van der Waals surface area contributed by atoms with Gasteiger partial charge in [0.15, 0.2) is 23.6 Å². The molecule has 0 aromatic heterocycles. The summed E-state index contributed by atoms with van der Waals surface area (Å²) in [5.74, 6) is -0.252. The molecule has 0 saturated carbocycles. The molecule has 13 heavy (non-hydrogen) atoms. The predicted octanol–water partition coefficient (Wildman–Crippen LogP) is 1.41. The lowest BCUT2D eigenvalue weighted by atomic mass is 10.2. The summed E-state index contributed by atoms with van der Waals surface area (Å²) in [7, 11) is 0. The molecule has 3 nitrogen and oxygen atoms in total. The highest BCUT2D eigenvalue weighted by Crippen LogP contribution is 2.35. The Kier molecular flexibility index (Phi) is 1.88. The standard InChI is InChI=1S/C9H7FO3/c10-7-2-1-6(5-11)8-9(7)13-4-3-12-8/h1-2,5H,3-4H2. The van der Waals surface area contributed by atoms with Crippen LogP contribution in [0.25, 0.3) is 0 Å². The molecule has 1 aliphatic rings. The van der Waals surface area contributed by atoms with Crippen molar-refractivity contribution in [3.63, 3.8) is 0 Å². The zero-order valence-corrected chi connectivity index (χ0v) is 6.75. The summed E-state index contributed by atoms with van der Waals surface area (Å²) in [5.41, 5.74) is 0.316. The summed E-state index contributed by atoms with van der Waals surface area (Å²) in [4.78, 5) is 10.5. The molecule has 0 aliphatic carbocycles. The molecular formula is C9H7FO3. The maximum absolute atomic E-state index is 13.1. The van der Waals surface area contributed by atoms with Crippen LogP contribution in [0.4, 0.5) is 4.39 Å². The third kappa shape index (κ3) is 1.24. The fourth-order valence-electron chi connectivity index (χ4n) is 1.22. The lowest BCUT2D eigenvalue weighted by Crippen LogP contribution is -2.17. The van der Waals surface area contributed by atoms with Gasteiger partial charge >= 0.3 is 0 Å². The molecule has 0 spiro atoms. The molecular weight excluding hydrogens is 175 g/mol. The van der Waals surface area contributed by atoms with Gasteiger partial charge < -0.3 is 9.47 Å². The second kappa shape index (κ2) is 3.05. The van der Waals surface area contributed by atoms with E-state index in [1.165, 1.54) is 12.1 Å². The van der Waals surface area contributed by atoms with E-state index in [-0.39, 0.29) is 11.5 Å². The van der Waals surface area contributed by atoms with Crippen molar-refractivity contribution in [3.05, 3.63) is 23.5 Å². The van der Waals surface area contributed by atoms with Crippen molar-refractivity contribution < 1.29 is 18.7 Å². The first-order chi connectivity index (χ1) is 6.33. The monoisotopic (exact) mass is 182 g/mol. The van der Waals surface area contributed by atoms with Gasteiger partial charge in [-0.05, 0) is 12.1 Å². The number of hydrogen-bond donors (Lipinski definition) is 0. The first kappa shape index (κ1) is 8.04. The number of aldehydes is 1. The van der Waals surface area contributed by atoms with Crippen LogP contribution in [0.1, 0.15) is 10.4 Å². The van der Waals surface area contributed by atoms with Crippen LogP contribution in [-0.4, -0.2) is 19.5 Å². The lowest BCUT2D eigenvalue weighted by molar-refractivity contribution is 0.111. The Morgan fingerprint density at radius 3 is 2.62 bits per heavy atom. The summed E-state index contributed by atoms with van der Waals surface area (Å²) in [6.07, 6.45) is 0.618. The predicted molar refractivity (Wildman–Crippen MR) is 42.8 cm³/mol. The zero-order valence-electron chi connectivity index (χ0n) is 6.75. The minimum absolute atomic E-state index is 0.0378. The molecule has 0 radical (unpaired) electrons. The molecule has 1 aliphatic heterocycles. The molecule has 1 heterocycles. The minimum Gasteiger partial charge on any atom is -0.485 e. The highest BCUT2D eigenvalue weighted by molar-refractivity contribution is 5.81. The van der Waals surface area contributed by atoms with Crippen molar-refractivity contribution in [2.75, 3.05) is 13.2 Å². The minimum atomic E-state index is -0.500. The molecule has 0 fully saturated rings. The van der Waals surface area contributed by atoms with Gasteiger partial charge in [-0.1, -0.05) is 0 Å². The van der Waals surface area contributed by atoms with Crippen LogP contribution in [0.5, 0.6) is 11.5 Å². The van der Waals surface area contributed by atoms with Crippen molar-refractivity contribution in [2.45, 2.75) is 0 Å². The zero-order chi connectivity index (χ0) is 9.26. The van der Waals surface area contributed by atoms with Crippen LogP contribution in [-0.2, 0) is 0 Å². The molecule has 0 N–H and O–H groups in total. The smallest absolute Gasteiger partial charge is 0.197 e. The van der Waals surface area contributed by atoms with E-state index >= 15 is 0 Å². The molecule has 0 saturated heterocycles. The van der Waals surface area contributed by atoms with Crippen molar-refractivity contribution in [1.82, 2.24) is 0 Å². The van der Waals surface area contributed by atoms with E-state index in [0.29, 0.717) is 25.1 Å². The first-order valence-corrected chi connectivity index (χ1v) is 3.86. The number of carbonyl (C=O) groups excluding carboxylic acids is 1. The van der Waals surface area contributed by atoms with Crippen molar-refractivity contribution in [2.24, 2.45) is 0 Å². The number of ether oxygens (including phenoxy) is 2. The van der Waals surface area contributed by atoms with E-state index in [1.54, 1.807) is 0 Å². The Hall–Kier alpha value is -1.58. The summed E-state index contributed by atoms with van der Waals surface area (Å²) < 4.78 is 23.2. The quantitative estimate of drug-likeness (QED) is 0.616. The fraction of sp³-hybridized carbons (Fsp3) is 0.222. The number of fused-ring (bicyclic) bond motifs is 1. The van der Waals surface area contributed by atoms with Crippen LogP contribution in [0.2, 0.25) is 0 Å². The Morgan fingerprint density at radius 2 is 1.92 bits per heavy atom. The van der Waals surface area contributed by atoms with Gasteiger partial charge in [-0.2, -0.15) is 0 Å². The SMILES string of the molecule is O=Cc1ccc(F)c2c1OCCO2. The van der Waals surface area contributed by atoms with E-state index in [4.69, 9.17) is 9.47 Å². The molecule has 0 amide bonds. The highest BCUT2D eigenvalue weighted by Gasteiger charge is 2.19. The Bertz CT molecular complexity index is 349. The van der Waals surface area contributed by atoms with Gasteiger partial charge in [0.05, 0.1) is 5.56 Å². The average Bonchev–Trinajstić information content (AvgIpc) is 2.19. The summed E-state index contributed by atoms with van der Waals surface area (Å²) in [6, 6.07) is 2.56. The summed E-state index contributed by atoms with van der Waals surface area (Å²) in [5, 5.41) is 0. The van der Waals surface area contributed by atoms with Gasteiger partial charge in [0.2, 0.25) is 0 Å². The Morgan fingerprint density at radius 1 is 1.23 bits per heavy atom. The second-order valence-corrected chi connectivity index (χ2v) is 2.61. The fourth-order valence-corrected chi connectivity index (χ4v) is 1.22. The van der Waals surface area contributed by atoms with Crippen molar-refractivity contribution in [3.8, 4) is 11.5 Å². The van der Waals surface area contributed by atoms with Crippen LogP contribution in [0, 0.1) is 5.82 Å². The molecule has 4 heteroatoms. The van der Waals surface area contributed by atoms with Gasteiger partial charge in [0.25, 0.3) is 0 Å². The first-order valence-electron chi connectivity index (χ1n) is 3.86. The average molecular weight is 182 g/mol. The van der Waals surface area contributed by atoms with Crippen LogP contribution >= 0.6 is 0 Å². The molecule has 0 bridgehead atoms. The van der Waals surface area contributed by atoms with E-state index < -0.39 is 5.82 Å². The second-order valence-electron chi connectivity index (χ2n) is 2.61. The number of halogens is 1. The molecule has 0 unspecified atom stereocenters. The lowest BCUT2D eigenvalue weighted by Gasteiger charge is -2.19. The van der Waals surface area contributed by atoms with Gasteiger partial charge in [0.1, 0.15) is 13.2 Å². The van der Waals surface area contributed by atoms with Crippen molar-refractivity contribution >= 4 is 6.29 Å². The van der Waals surface area contributed by atoms with E-state index in [0.717, 1.165) is 0 Å². The number of benzene rings is 1. The molecule has 1 aromatic rings. The van der Waals surface area contributed by atoms with Crippen molar-refractivity contribution in [1.29, 1.82) is 0 Å². The molecule has 2 rings (SSSR count). The summed E-state index contributed by atoms with van der Waals surface area (Å²) in [6.45, 7) is 0.656. The van der Waals surface area contributed by atoms with E-state index in [1.807, 2.05) is 0 Å². The number of hydrogen-bond acceptors (Lipinski definition) is 3. The third-order valence-corrected chi connectivity index (χ3v) is 1.80. The largest absolute Gasteiger partial charge is 0.485 e. The van der Waals surface area contributed by atoms with Gasteiger partial charge in [0, 0.05) is 0 Å².